The minimum atomic E-state index is -1.10. The van der Waals surface area contributed by atoms with Crippen LogP contribution in [-0.2, 0) is 0 Å². The largest absolute Gasteiger partial charge is 0.357 e. The first-order chi connectivity index (χ1) is 9.47. The predicted molar refractivity (Wildman–Crippen MR) is 69.7 cm³/mol. The number of hydrogen-bond donors (Lipinski definition) is 2. The van der Waals surface area contributed by atoms with E-state index in [-0.39, 0.29) is 5.69 Å². The van der Waals surface area contributed by atoms with Gasteiger partial charge in [-0.25, -0.2) is 9.18 Å². The Hall–Kier alpha value is -3.03. The fraction of sp³-hybridized carbons (Fsp3) is 0. The van der Waals surface area contributed by atoms with Crippen LogP contribution in [0.4, 0.5) is 10.1 Å². The summed E-state index contributed by atoms with van der Waals surface area (Å²) < 4.78 is 13.0. The molecule has 0 saturated heterocycles. The van der Waals surface area contributed by atoms with Gasteiger partial charge in [0.1, 0.15) is 11.5 Å². The van der Waals surface area contributed by atoms with Crippen LogP contribution in [0.3, 0.4) is 0 Å². The van der Waals surface area contributed by atoms with E-state index in [1.54, 1.807) is 11.1 Å². The summed E-state index contributed by atoms with van der Waals surface area (Å²) >= 11 is 0. The van der Waals surface area contributed by atoms with Crippen molar-refractivity contribution in [2.45, 2.75) is 0 Å². The molecule has 1 aromatic heterocycles. The van der Waals surface area contributed by atoms with Crippen molar-refractivity contribution in [3.8, 4) is 0 Å². The zero-order valence-corrected chi connectivity index (χ0v) is 9.92. The summed E-state index contributed by atoms with van der Waals surface area (Å²) in [6.45, 7) is 0. The smallest absolute Gasteiger partial charge is 0.301 e. The van der Waals surface area contributed by atoms with Crippen LogP contribution in [0, 0.1) is 15.9 Å². The molecule has 1 heterocycles. The Morgan fingerprint density at radius 2 is 1.95 bits per heavy atom. The number of H-pyrrole nitrogens is 2. The summed E-state index contributed by atoms with van der Waals surface area (Å²) in [5.41, 5.74) is -2.57. The minimum absolute atomic E-state index is 0.256. The van der Waals surface area contributed by atoms with Gasteiger partial charge in [-0.1, -0.05) is 18.2 Å². The highest BCUT2D eigenvalue weighted by Crippen LogP contribution is 2.13. The third-order valence-electron chi connectivity index (χ3n) is 2.42. The standard InChI is InChI=1S/C12H8FN3O4/c13-8-3-1-2-7(6-8)4-5-9-10(16(19)20)11(17)15-12(18)14-9/h1-6H,(H2,14,15,17,18)/b5-4-. The van der Waals surface area contributed by atoms with Gasteiger partial charge < -0.3 is 4.98 Å². The van der Waals surface area contributed by atoms with E-state index >= 15 is 0 Å². The van der Waals surface area contributed by atoms with E-state index in [0.29, 0.717) is 5.56 Å². The van der Waals surface area contributed by atoms with Crippen molar-refractivity contribution in [1.29, 1.82) is 0 Å². The average molecular weight is 277 g/mol. The summed E-state index contributed by atoms with van der Waals surface area (Å²) in [5, 5.41) is 10.8. The molecule has 0 aliphatic rings. The van der Waals surface area contributed by atoms with Crippen LogP contribution >= 0.6 is 0 Å². The van der Waals surface area contributed by atoms with Gasteiger partial charge in [0.05, 0.1) is 4.92 Å². The minimum Gasteiger partial charge on any atom is -0.301 e. The summed E-state index contributed by atoms with van der Waals surface area (Å²) in [6.07, 6.45) is 2.52. The number of nitrogens with zero attached hydrogens (tertiary/aromatic N) is 1. The molecule has 0 saturated carbocycles. The van der Waals surface area contributed by atoms with Crippen molar-refractivity contribution in [3.63, 3.8) is 0 Å². The Kier molecular flexibility index (Phi) is 3.56. The maximum atomic E-state index is 13.0. The quantitative estimate of drug-likeness (QED) is 0.650. The monoisotopic (exact) mass is 277 g/mol. The summed E-state index contributed by atoms with van der Waals surface area (Å²) in [7, 11) is 0. The number of benzene rings is 1. The first-order valence-electron chi connectivity index (χ1n) is 5.42. The second kappa shape index (κ2) is 5.31. The van der Waals surface area contributed by atoms with E-state index in [9.17, 15) is 24.1 Å². The van der Waals surface area contributed by atoms with Gasteiger partial charge in [-0.2, -0.15) is 0 Å². The van der Waals surface area contributed by atoms with Crippen LogP contribution < -0.4 is 11.2 Å². The van der Waals surface area contributed by atoms with Crippen LogP contribution in [0.25, 0.3) is 12.2 Å². The zero-order chi connectivity index (χ0) is 14.7. The zero-order valence-electron chi connectivity index (χ0n) is 9.92. The topological polar surface area (TPSA) is 109 Å². The molecular formula is C12H8FN3O4. The molecule has 0 aliphatic heterocycles. The lowest BCUT2D eigenvalue weighted by Crippen LogP contribution is -2.25. The highest BCUT2D eigenvalue weighted by atomic mass is 19.1. The van der Waals surface area contributed by atoms with Gasteiger partial charge >= 0.3 is 16.9 Å². The van der Waals surface area contributed by atoms with Gasteiger partial charge in [-0.3, -0.25) is 19.9 Å². The SMILES string of the molecule is O=c1[nH]c(/C=C\c2cccc(F)c2)c([N+](=O)[O-])c(=O)[nH]1. The van der Waals surface area contributed by atoms with Crippen molar-refractivity contribution in [2.75, 3.05) is 0 Å². The molecule has 7 nitrogen and oxygen atoms in total. The predicted octanol–water partition coefficient (Wildman–Crippen LogP) is 1.28. The van der Waals surface area contributed by atoms with E-state index in [2.05, 4.69) is 4.98 Å². The van der Waals surface area contributed by atoms with Gasteiger partial charge in [0.15, 0.2) is 0 Å². The Bertz CT molecular complexity index is 807. The van der Waals surface area contributed by atoms with Crippen LogP contribution in [0.5, 0.6) is 0 Å². The van der Waals surface area contributed by atoms with Crippen molar-refractivity contribution in [1.82, 2.24) is 9.97 Å². The van der Waals surface area contributed by atoms with Gasteiger partial charge in [0.25, 0.3) is 0 Å². The lowest BCUT2D eigenvalue weighted by Gasteiger charge is -1.96. The van der Waals surface area contributed by atoms with Gasteiger partial charge in [-0.05, 0) is 23.8 Å². The first kappa shape index (κ1) is 13.4. The third-order valence-corrected chi connectivity index (χ3v) is 2.42. The van der Waals surface area contributed by atoms with Gasteiger partial charge in [-0.15, -0.1) is 0 Å². The molecule has 0 amide bonds. The Labute approximate surface area is 110 Å². The fourth-order valence-electron chi connectivity index (χ4n) is 1.59. The molecule has 2 N–H and O–H groups in total. The number of aromatic nitrogens is 2. The summed E-state index contributed by atoms with van der Waals surface area (Å²) in [5.74, 6) is -0.471. The summed E-state index contributed by atoms with van der Waals surface area (Å²) in [4.78, 5) is 36.3. The third kappa shape index (κ3) is 2.86. The van der Waals surface area contributed by atoms with Crippen LogP contribution in [-0.4, -0.2) is 14.9 Å². The maximum Gasteiger partial charge on any atom is 0.357 e. The van der Waals surface area contributed by atoms with Gasteiger partial charge in [0, 0.05) is 0 Å². The molecule has 0 radical (unpaired) electrons. The molecule has 0 unspecified atom stereocenters. The molecule has 0 aliphatic carbocycles. The Balaban J connectivity index is 2.51. The van der Waals surface area contributed by atoms with E-state index in [0.717, 1.165) is 0 Å². The fourth-order valence-corrected chi connectivity index (χ4v) is 1.59. The molecule has 2 aromatic rings. The van der Waals surface area contributed by atoms with E-state index in [4.69, 9.17) is 0 Å². The number of rotatable bonds is 3. The average Bonchev–Trinajstić information content (AvgIpc) is 2.35. The van der Waals surface area contributed by atoms with Crippen LogP contribution in [0.2, 0.25) is 0 Å². The van der Waals surface area contributed by atoms with Crippen molar-refractivity contribution in [3.05, 3.63) is 72.3 Å². The number of hydrogen-bond acceptors (Lipinski definition) is 4. The molecule has 0 atom stereocenters. The second-order valence-electron chi connectivity index (χ2n) is 3.82. The molecule has 8 heteroatoms. The molecule has 1 aromatic carbocycles. The molecule has 20 heavy (non-hydrogen) atoms. The highest BCUT2D eigenvalue weighted by Gasteiger charge is 2.18. The van der Waals surface area contributed by atoms with Crippen LogP contribution in [0.15, 0.2) is 33.9 Å². The molecular weight excluding hydrogens is 269 g/mol. The van der Waals surface area contributed by atoms with Crippen LogP contribution in [0.1, 0.15) is 11.3 Å². The molecule has 0 spiro atoms. The molecule has 0 bridgehead atoms. The molecule has 0 fully saturated rings. The van der Waals surface area contributed by atoms with E-state index in [1.165, 1.54) is 30.4 Å². The van der Waals surface area contributed by atoms with Crippen molar-refractivity contribution < 1.29 is 9.31 Å². The number of aromatic amines is 2. The Morgan fingerprint density at radius 1 is 1.20 bits per heavy atom. The highest BCUT2D eigenvalue weighted by molar-refractivity contribution is 5.71. The maximum absolute atomic E-state index is 13.0. The lowest BCUT2D eigenvalue weighted by molar-refractivity contribution is -0.386. The van der Waals surface area contributed by atoms with E-state index in [1.807, 2.05) is 0 Å². The lowest BCUT2D eigenvalue weighted by atomic mass is 10.2. The van der Waals surface area contributed by atoms with Crippen molar-refractivity contribution >= 4 is 17.8 Å². The number of halogens is 1. The van der Waals surface area contributed by atoms with Gasteiger partial charge in [0.2, 0.25) is 0 Å². The normalized spacial score (nSPS) is 10.8. The number of nitro groups is 1. The van der Waals surface area contributed by atoms with Crippen molar-refractivity contribution in [2.24, 2.45) is 0 Å². The first-order valence-corrected chi connectivity index (χ1v) is 5.42. The van der Waals surface area contributed by atoms with E-state index < -0.39 is 27.7 Å². The second-order valence-corrected chi connectivity index (χ2v) is 3.82. The molecule has 102 valence electrons. The molecule has 2 rings (SSSR count). The Morgan fingerprint density at radius 3 is 2.60 bits per heavy atom. The summed E-state index contributed by atoms with van der Waals surface area (Å²) in [6, 6.07) is 5.48. The number of nitrogens with one attached hydrogen (secondary N) is 2.